The van der Waals surface area contributed by atoms with Gasteiger partial charge in [-0.1, -0.05) is 34.1 Å². The van der Waals surface area contributed by atoms with Crippen LogP contribution in [0.3, 0.4) is 0 Å². The minimum atomic E-state index is -2.96. The van der Waals surface area contributed by atoms with Crippen molar-refractivity contribution in [2.24, 2.45) is 11.8 Å². The third-order valence-electron chi connectivity index (χ3n) is 4.24. The average Bonchev–Trinajstić information content (AvgIpc) is 2.32. The fourth-order valence-electron chi connectivity index (χ4n) is 3.44. The molecule has 0 aliphatic heterocycles. The standard InChI is InChI=1S/C15H31NO2S/c1-5-7-9-19(17,18)15-13(4)10-12(3)11-14(15)16-8-6-2/h12-16H,5-11H2,1-4H3. The van der Waals surface area contributed by atoms with Crippen LogP contribution in [0.5, 0.6) is 0 Å². The molecule has 4 heteroatoms. The molecule has 0 heterocycles. The fourth-order valence-corrected chi connectivity index (χ4v) is 5.93. The Balaban J connectivity index is 2.84. The molecular weight excluding hydrogens is 258 g/mol. The maximum Gasteiger partial charge on any atom is 0.154 e. The van der Waals surface area contributed by atoms with Gasteiger partial charge in [-0.25, -0.2) is 8.42 Å². The molecule has 1 fully saturated rings. The first-order chi connectivity index (χ1) is 8.92. The molecule has 0 spiro atoms. The van der Waals surface area contributed by atoms with Crippen LogP contribution in [-0.4, -0.2) is 32.0 Å². The molecule has 0 amide bonds. The van der Waals surface area contributed by atoms with Crippen molar-refractivity contribution in [1.82, 2.24) is 5.32 Å². The molecule has 1 rings (SSSR count). The van der Waals surface area contributed by atoms with Gasteiger partial charge in [0.1, 0.15) is 0 Å². The van der Waals surface area contributed by atoms with Gasteiger partial charge >= 0.3 is 0 Å². The zero-order valence-electron chi connectivity index (χ0n) is 13.0. The molecule has 0 aromatic rings. The Bertz CT molecular complexity index is 353. The summed E-state index contributed by atoms with van der Waals surface area (Å²) < 4.78 is 25.2. The lowest BCUT2D eigenvalue weighted by Crippen LogP contribution is -2.52. The number of rotatable bonds is 7. The summed E-state index contributed by atoms with van der Waals surface area (Å²) in [5.74, 6) is 1.26. The molecule has 1 aliphatic carbocycles. The van der Waals surface area contributed by atoms with Crippen LogP contribution in [0.2, 0.25) is 0 Å². The lowest BCUT2D eigenvalue weighted by Gasteiger charge is -2.39. The van der Waals surface area contributed by atoms with E-state index in [1.807, 2.05) is 0 Å². The largest absolute Gasteiger partial charge is 0.313 e. The highest BCUT2D eigenvalue weighted by atomic mass is 32.2. The number of sulfone groups is 1. The Labute approximate surface area is 119 Å². The molecule has 4 unspecified atom stereocenters. The number of unbranched alkanes of at least 4 members (excludes halogenated alkanes) is 1. The molecule has 0 aromatic heterocycles. The molecule has 0 radical (unpaired) electrons. The van der Waals surface area contributed by atoms with Crippen molar-refractivity contribution in [3.8, 4) is 0 Å². The highest BCUT2D eigenvalue weighted by molar-refractivity contribution is 7.92. The van der Waals surface area contributed by atoms with Crippen molar-refractivity contribution in [3.63, 3.8) is 0 Å². The minimum Gasteiger partial charge on any atom is -0.313 e. The second-order valence-electron chi connectivity index (χ2n) is 6.30. The average molecular weight is 289 g/mol. The van der Waals surface area contributed by atoms with E-state index in [1.165, 1.54) is 0 Å². The molecule has 0 saturated heterocycles. The maximum absolute atomic E-state index is 12.6. The first-order valence-corrected chi connectivity index (χ1v) is 9.58. The summed E-state index contributed by atoms with van der Waals surface area (Å²) in [6, 6.07) is 0.153. The van der Waals surface area contributed by atoms with Gasteiger partial charge in [-0.3, -0.25) is 0 Å². The Hall–Kier alpha value is -0.0900. The quantitative estimate of drug-likeness (QED) is 0.783. The molecule has 1 N–H and O–H groups in total. The van der Waals surface area contributed by atoms with Crippen LogP contribution in [0, 0.1) is 11.8 Å². The zero-order valence-corrected chi connectivity index (χ0v) is 13.8. The Morgan fingerprint density at radius 2 is 1.79 bits per heavy atom. The first-order valence-electron chi connectivity index (χ1n) is 7.87. The normalized spacial score (nSPS) is 32.4. The SMILES string of the molecule is CCCCS(=O)(=O)C1C(C)CC(C)CC1NCCC. The topological polar surface area (TPSA) is 46.2 Å². The van der Waals surface area contributed by atoms with Gasteiger partial charge < -0.3 is 5.32 Å². The van der Waals surface area contributed by atoms with E-state index >= 15 is 0 Å². The van der Waals surface area contributed by atoms with E-state index in [4.69, 9.17) is 0 Å². The van der Waals surface area contributed by atoms with Crippen molar-refractivity contribution in [1.29, 1.82) is 0 Å². The fraction of sp³-hybridized carbons (Fsp3) is 1.00. The summed E-state index contributed by atoms with van der Waals surface area (Å²) in [4.78, 5) is 0. The number of hydrogen-bond acceptors (Lipinski definition) is 3. The second kappa shape index (κ2) is 7.63. The first kappa shape index (κ1) is 17.0. The van der Waals surface area contributed by atoms with Crippen LogP contribution in [0.15, 0.2) is 0 Å². The van der Waals surface area contributed by atoms with Crippen molar-refractivity contribution < 1.29 is 8.42 Å². The lowest BCUT2D eigenvalue weighted by molar-refractivity contribution is 0.242. The van der Waals surface area contributed by atoms with Gasteiger partial charge in [0.05, 0.1) is 11.0 Å². The third-order valence-corrected chi connectivity index (χ3v) is 6.72. The summed E-state index contributed by atoms with van der Waals surface area (Å²) in [7, 11) is -2.96. The summed E-state index contributed by atoms with van der Waals surface area (Å²) in [5.41, 5.74) is 0. The molecule has 3 nitrogen and oxygen atoms in total. The van der Waals surface area contributed by atoms with Gasteiger partial charge in [0.2, 0.25) is 0 Å². The summed E-state index contributed by atoms with van der Waals surface area (Å²) in [6.07, 6.45) is 4.84. The molecule has 0 aromatic carbocycles. The molecule has 1 saturated carbocycles. The van der Waals surface area contributed by atoms with Crippen LogP contribution >= 0.6 is 0 Å². The lowest BCUT2D eigenvalue weighted by atomic mass is 9.80. The molecule has 0 bridgehead atoms. The molecule has 1 aliphatic rings. The van der Waals surface area contributed by atoms with E-state index in [0.717, 1.165) is 38.6 Å². The van der Waals surface area contributed by atoms with Crippen LogP contribution in [0.25, 0.3) is 0 Å². The summed E-state index contributed by atoms with van der Waals surface area (Å²) in [5, 5.41) is 3.31. The highest BCUT2D eigenvalue weighted by Crippen LogP contribution is 2.34. The maximum atomic E-state index is 12.6. The molecule has 4 atom stereocenters. The Morgan fingerprint density at radius 1 is 1.11 bits per heavy atom. The molecular formula is C15H31NO2S. The van der Waals surface area contributed by atoms with E-state index < -0.39 is 9.84 Å². The van der Waals surface area contributed by atoms with Crippen LogP contribution in [0.4, 0.5) is 0 Å². The van der Waals surface area contributed by atoms with Gasteiger partial charge in [0.15, 0.2) is 9.84 Å². The van der Waals surface area contributed by atoms with E-state index in [0.29, 0.717) is 11.7 Å². The number of hydrogen-bond donors (Lipinski definition) is 1. The van der Waals surface area contributed by atoms with Gasteiger partial charge in [-0.05, 0) is 44.1 Å². The van der Waals surface area contributed by atoms with E-state index in [-0.39, 0.29) is 17.2 Å². The van der Waals surface area contributed by atoms with Crippen molar-refractivity contribution in [3.05, 3.63) is 0 Å². The van der Waals surface area contributed by atoms with Crippen LogP contribution in [-0.2, 0) is 9.84 Å². The second-order valence-corrected chi connectivity index (χ2v) is 8.58. The van der Waals surface area contributed by atoms with Crippen molar-refractivity contribution in [2.75, 3.05) is 12.3 Å². The van der Waals surface area contributed by atoms with Crippen LogP contribution < -0.4 is 5.32 Å². The zero-order chi connectivity index (χ0) is 14.5. The van der Waals surface area contributed by atoms with Gasteiger partial charge in [0.25, 0.3) is 0 Å². The van der Waals surface area contributed by atoms with Gasteiger partial charge in [0, 0.05) is 6.04 Å². The third kappa shape index (κ3) is 4.75. The highest BCUT2D eigenvalue weighted by Gasteiger charge is 2.41. The monoisotopic (exact) mass is 289 g/mol. The van der Waals surface area contributed by atoms with Crippen molar-refractivity contribution in [2.45, 2.75) is 71.1 Å². The summed E-state index contributed by atoms with van der Waals surface area (Å²) in [6.45, 7) is 9.46. The van der Waals surface area contributed by atoms with E-state index in [9.17, 15) is 8.42 Å². The Morgan fingerprint density at radius 3 is 2.37 bits per heavy atom. The van der Waals surface area contributed by atoms with Crippen molar-refractivity contribution >= 4 is 9.84 Å². The minimum absolute atomic E-state index is 0.153. The van der Waals surface area contributed by atoms with Crippen LogP contribution in [0.1, 0.15) is 59.8 Å². The van der Waals surface area contributed by atoms with Gasteiger partial charge in [-0.2, -0.15) is 0 Å². The van der Waals surface area contributed by atoms with E-state index in [2.05, 4.69) is 33.0 Å². The Kier molecular flexibility index (Phi) is 6.81. The summed E-state index contributed by atoms with van der Waals surface area (Å²) >= 11 is 0. The van der Waals surface area contributed by atoms with E-state index in [1.54, 1.807) is 0 Å². The smallest absolute Gasteiger partial charge is 0.154 e. The molecule has 114 valence electrons. The molecule has 19 heavy (non-hydrogen) atoms. The predicted octanol–water partition coefficient (Wildman–Crippen LogP) is 3.00. The predicted molar refractivity (Wildman–Crippen MR) is 82.1 cm³/mol. The number of nitrogens with one attached hydrogen (secondary N) is 1. The van der Waals surface area contributed by atoms with Gasteiger partial charge in [-0.15, -0.1) is 0 Å².